The molecule has 2 atom stereocenters. The number of hydrogen-bond acceptors (Lipinski definition) is 5. The summed E-state index contributed by atoms with van der Waals surface area (Å²) in [5.41, 5.74) is -0.588. The van der Waals surface area contributed by atoms with Crippen LogP contribution in [0.4, 0.5) is 19.0 Å². The lowest BCUT2D eigenvalue weighted by Gasteiger charge is -2.32. The van der Waals surface area contributed by atoms with Gasteiger partial charge in [0, 0.05) is 44.6 Å². The number of rotatable bonds is 4. The predicted molar refractivity (Wildman–Crippen MR) is 80.8 cm³/mol. The average molecular weight is 341 g/mol. The third-order valence-electron chi connectivity index (χ3n) is 4.52. The van der Waals surface area contributed by atoms with Gasteiger partial charge in [-0.2, -0.15) is 18.3 Å². The van der Waals surface area contributed by atoms with E-state index < -0.39 is 11.9 Å². The van der Waals surface area contributed by atoms with Crippen LogP contribution in [0, 0.1) is 0 Å². The molecule has 24 heavy (non-hydrogen) atoms. The van der Waals surface area contributed by atoms with Crippen LogP contribution in [0.2, 0.25) is 0 Å². The number of halogens is 3. The molecule has 0 aliphatic carbocycles. The molecule has 1 N–H and O–H groups in total. The first-order chi connectivity index (χ1) is 11.5. The van der Waals surface area contributed by atoms with Crippen LogP contribution in [0.1, 0.15) is 18.5 Å². The third-order valence-corrected chi connectivity index (χ3v) is 4.52. The second kappa shape index (κ2) is 5.89. The van der Waals surface area contributed by atoms with Crippen molar-refractivity contribution in [3.63, 3.8) is 0 Å². The summed E-state index contributed by atoms with van der Waals surface area (Å²) in [6.45, 7) is 3.25. The monoisotopic (exact) mass is 341 g/mol. The van der Waals surface area contributed by atoms with Gasteiger partial charge in [0.15, 0.2) is 11.5 Å². The Bertz CT molecular complexity index is 719. The Morgan fingerprint density at radius 2 is 2.00 bits per heavy atom. The van der Waals surface area contributed by atoms with Crippen molar-refractivity contribution in [3.8, 4) is 0 Å². The largest absolute Gasteiger partial charge is 0.435 e. The van der Waals surface area contributed by atoms with Crippen LogP contribution in [0.3, 0.4) is 0 Å². The zero-order valence-electron chi connectivity index (χ0n) is 13.0. The molecule has 2 aliphatic rings. The smallest absolute Gasteiger partial charge is 0.372 e. The van der Waals surface area contributed by atoms with Gasteiger partial charge in [0.05, 0.1) is 12.2 Å². The highest BCUT2D eigenvalue weighted by atomic mass is 19.4. The van der Waals surface area contributed by atoms with Gasteiger partial charge in [0.2, 0.25) is 0 Å². The first-order valence-electron chi connectivity index (χ1n) is 8.02. The zero-order chi connectivity index (χ0) is 16.7. The fourth-order valence-corrected chi connectivity index (χ4v) is 3.41. The highest BCUT2D eigenvalue weighted by molar-refractivity contribution is 5.67. The molecule has 0 radical (unpaired) electrons. The first-order valence-corrected chi connectivity index (χ1v) is 8.02. The Balaban J connectivity index is 1.42. The van der Waals surface area contributed by atoms with Crippen LogP contribution in [-0.2, 0) is 10.9 Å². The number of morpholine rings is 1. The van der Waals surface area contributed by atoms with Crippen LogP contribution in [-0.4, -0.2) is 57.9 Å². The highest BCUT2D eigenvalue weighted by Crippen LogP contribution is 2.30. The van der Waals surface area contributed by atoms with E-state index in [1.54, 1.807) is 0 Å². The topological polar surface area (TPSA) is 54.7 Å². The van der Waals surface area contributed by atoms with E-state index in [2.05, 4.69) is 20.3 Å². The van der Waals surface area contributed by atoms with Gasteiger partial charge in [-0.15, -0.1) is 0 Å². The average Bonchev–Trinajstić information content (AvgIpc) is 3.11. The van der Waals surface area contributed by atoms with Gasteiger partial charge in [0.1, 0.15) is 5.52 Å². The van der Waals surface area contributed by atoms with Gasteiger partial charge < -0.3 is 10.1 Å². The summed E-state index contributed by atoms with van der Waals surface area (Å²) in [7, 11) is 0. The number of nitrogens with zero attached hydrogens (tertiary/aromatic N) is 4. The highest BCUT2D eigenvalue weighted by Gasteiger charge is 2.35. The summed E-state index contributed by atoms with van der Waals surface area (Å²) in [5.74, 6) is 0.414. The van der Waals surface area contributed by atoms with E-state index in [1.807, 2.05) is 0 Å². The van der Waals surface area contributed by atoms with Gasteiger partial charge in [-0.25, -0.2) is 9.50 Å². The molecule has 0 amide bonds. The minimum Gasteiger partial charge on any atom is -0.372 e. The molecule has 2 aromatic rings. The molecule has 2 fully saturated rings. The van der Waals surface area contributed by atoms with Gasteiger partial charge in [-0.05, 0) is 12.8 Å². The SMILES string of the molecule is FC(F)(F)c1cc2c(NCCN3CC4CCC(C3)O4)nccn2n1. The number of fused-ring (bicyclic) bond motifs is 3. The number of anilines is 1. The summed E-state index contributed by atoms with van der Waals surface area (Å²) >= 11 is 0. The molecule has 0 aromatic carbocycles. The van der Waals surface area contributed by atoms with Gasteiger partial charge in [0.25, 0.3) is 0 Å². The lowest BCUT2D eigenvalue weighted by atomic mass is 10.2. The fourth-order valence-electron chi connectivity index (χ4n) is 3.41. The molecule has 2 saturated heterocycles. The Labute approximate surface area is 136 Å². The number of nitrogens with one attached hydrogen (secondary N) is 1. The molecule has 2 aromatic heterocycles. The maximum atomic E-state index is 12.8. The van der Waals surface area contributed by atoms with Gasteiger partial charge in [-0.1, -0.05) is 0 Å². The number of aromatic nitrogens is 3. The lowest BCUT2D eigenvalue weighted by molar-refractivity contribution is -0.141. The predicted octanol–water partition coefficient (Wildman–Crippen LogP) is 2.02. The summed E-state index contributed by atoms with van der Waals surface area (Å²) in [6.07, 6.45) is 1.28. The molecule has 4 heterocycles. The van der Waals surface area contributed by atoms with Crippen LogP contribution in [0.5, 0.6) is 0 Å². The summed E-state index contributed by atoms with van der Waals surface area (Å²) < 4.78 is 45.4. The van der Waals surface area contributed by atoms with Gasteiger partial charge >= 0.3 is 6.18 Å². The zero-order valence-corrected chi connectivity index (χ0v) is 13.0. The van der Waals surface area contributed by atoms with E-state index in [1.165, 1.54) is 16.9 Å². The molecule has 6 nitrogen and oxygen atoms in total. The van der Waals surface area contributed by atoms with Crippen molar-refractivity contribution in [2.24, 2.45) is 0 Å². The van der Waals surface area contributed by atoms with E-state index in [4.69, 9.17) is 4.74 Å². The van der Waals surface area contributed by atoms with Crippen molar-refractivity contribution in [1.82, 2.24) is 19.5 Å². The Morgan fingerprint density at radius 1 is 1.25 bits per heavy atom. The standard InChI is InChI=1S/C15H18F3N5O/c16-15(17,18)13-7-12-14(20-4-6-23(12)21-13)19-3-5-22-8-10-1-2-11(9-22)24-10/h4,6-7,10-11H,1-3,5,8-9H2,(H,19,20). The van der Waals surface area contributed by atoms with Crippen LogP contribution < -0.4 is 5.32 Å². The maximum absolute atomic E-state index is 12.8. The maximum Gasteiger partial charge on any atom is 0.435 e. The molecule has 0 saturated carbocycles. The second-order valence-electron chi connectivity index (χ2n) is 6.28. The molecule has 9 heteroatoms. The molecule has 2 unspecified atom stereocenters. The Kier molecular flexibility index (Phi) is 3.84. The summed E-state index contributed by atoms with van der Waals surface area (Å²) in [5, 5.41) is 6.68. The minimum absolute atomic E-state index is 0.326. The van der Waals surface area contributed by atoms with Crippen molar-refractivity contribution < 1.29 is 17.9 Å². The van der Waals surface area contributed by atoms with E-state index in [9.17, 15) is 13.2 Å². The quantitative estimate of drug-likeness (QED) is 0.922. The Hall–Kier alpha value is -1.87. The first kappa shape index (κ1) is 15.6. The van der Waals surface area contributed by atoms with Crippen molar-refractivity contribution in [2.45, 2.75) is 31.2 Å². The van der Waals surface area contributed by atoms with Crippen LogP contribution in [0.25, 0.3) is 5.52 Å². The van der Waals surface area contributed by atoms with Crippen molar-refractivity contribution in [3.05, 3.63) is 24.2 Å². The normalized spacial score (nSPS) is 24.6. The van der Waals surface area contributed by atoms with E-state index in [0.717, 1.165) is 38.5 Å². The molecule has 4 rings (SSSR count). The van der Waals surface area contributed by atoms with E-state index in [-0.39, 0.29) is 0 Å². The Morgan fingerprint density at radius 3 is 2.71 bits per heavy atom. The van der Waals surface area contributed by atoms with Crippen molar-refractivity contribution >= 4 is 11.3 Å². The number of likely N-dealkylation sites (tertiary alicyclic amines) is 1. The number of hydrogen-bond donors (Lipinski definition) is 1. The molecule has 2 bridgehead atoms. The summed E-state index contributed by atoms with van der Waals surface area (Å²) in [6, 6.07) is 1.02. The lowest BCUT2D eigenvalue weighted by Crippen LogP contribution is -2.44. The van der Waals surface area contributed by atoms with Crippen LogP contribution >= 0.6 is 0 Å². The number of ether oxygens (including phenoxy) is 1. The van der Waals surface area contributed by atoms with Crippen molar-refractivity contribution in [1.29, 1.82) is 0 Å². The molecule has 0 spiro atoms. The van der Waals surface area contributed by atoms with E-state index in [0.29, 0.717) is 30.1 Å². The van der Waals surface area contributed by atoms with Crippen molar-refractivity contribution in [2.75, 3.05) is 31.5 Å². The van der Waals surface area contributed by atoms with Gasteiger partial charge in [-0.3, -0.25) is 4.90 Å². The van der Waals surface area contributed by atoms with E-state index >= 15 is 0 Å². The minimum atomic E-state index is -4.46. The molecule has 130 valence electrons. The molecular weight excluding hydrogens is 323 g/mol. The summed E-state index contributed by atoms with van der Waals surface area (Å²) in [4.78, 5) is 6.47. The molecule has 2 aliphatic heterocycles. The third kappa shape index (κ3) is 3.05. The fraction of sp³-hybridized carbons (Fsp3) is 0.600. The molecular formula is C15H18F3N5O. The second-order valence-corrected chi connectivity index (χ2v) is 6.28. The van der Waals surface area contributed by atoms with Crippen LogP contribution in [0.15, 0.2) is 18.5 Å². The number of alkyl halides is 3.